The smallest absolute Gasteiger partial charge is 0.289 e. The van der Waals surface area contributed by atoms with E-state index in [1.165, 1.54) is 0 Å². The van der Waals surface area contributed by atoms with Crippen molar-refractivity contribution in [2.24, 2.45) is 5.10 Å². The maximum Gasteiger partial charge on any atom is 0.289 e. The van der Waals surface area contributed by atoms with Gasteiger partial charge in [0.25, 0.3) is 5.91 Å². The molecule has 4 aromatic rings. The Morgan fingerprint density at radius 2 is 1.75 bits per heavy atom. The number of benzene rings is 3. The van der Waals surface area contributed by atoms with Crippen LogP contribution >= 0.6 is 0 Å². The summed E-state index contributed by atoms with van der Waals surface area (Å²) in [5.74, 6) is 0.828. The van der Waals surface area contributed by atoms with Gasteiger partial charge < -0.3 is 9.47 Å². The van der Waals surface area contributed by atoms with E-state index in [2.05, 4.69) is 20.7 Å². The van der Waals surface area contributed by atoms with Crippen molar-refractivity contribution in [2.45, 2.75) is 6.61 Å². The molecule has 0 spiro atoms. The van der Waals surface area contributed by atoms with E-state index >= 15 is 0 Å². The summed E-state index contributed by atoms with van der Waals surface area (Å²) in [6.07, 6.45) is 1.58. The summed E-state index contributed by atoms with van der Waals surface area (Å²) in [6, 6.07) is 26.6. The van der Waals surface area contributed by atoms with E-state index in [4.69, 9.17) is 9.47 Å². The van der Waals surface area contributed by atoms with Crippen LogP contribution in [0.2, 0.25) is 0 Å². The molecule has 7 nitrogen and oxygen atoms in total. The van der Waals surface area contributed by atoms with E-state index in [1.54, 1.807) is 19.4 Å². The van der Waals surface area contributed by atoms with Crippen molar-refractivity contribution in [3.8, 4) is 22.8 Å². The van der Waals surface area contributed by atoms with Crippen LogP contribution in [-0.2, 0) is 6.61 Å². The molecule has 0 radical (unpaired) electrons. The highest BCUT2D eigenvalue weighted by Gasteiger charge is 2.13. The van der Waals surface area contributed by atoms with Crippen LogP contribution < -0.4 is 14.9 Å². The Morgan fingerprint density at radius 1 is 1.00 bits per heavy atom. The first-order valence-corrected chi connectivity index (χ1v) is 10.0. The third kappa shape index (κ3) is 5.20. The van der Waals surface area contributed by atoms with Crippen molar-refractivity contribution in [1.82, 2.24) is 15.6 Å². The second kappa shape index (κ2) is 10.1. The summed E-state index contributed by atoms with van der Waals surface area (Å²) in [4.78, 5) is 12.3. The Kier molecular flexibility index (Phi) is 6.57. The van der Waals surface area contributed by atoms with Gasteiger partial charge in [-0.05, 0) is 35.4 Å². The van der Waals surface area contributed by atoms with Crippen LogP contribution in [0.5, 0.6) is 11.5 Å². The molecule has 160 valence electrons. The van der Waals surface area contributed by atoms with Crippen molar-refractivity contribution in [1.29, 1.82) is 0 Å². The van der Waals surface area contributed by atoms with E-state index in [0.29, 0.717) is 29.5 Å². The van der Waals surface area contributed by atoms with Crippen molar-refractivity contribution in [3.63, 3.8) is 0 Å². The molecular formula is C25H22N4O3. The summed E-state index contributed by atoms with van der Waals surface area (Å²) in [5.41, 5.74) is 6.14. The van der Waals surface area contributed by atoms with E-state index in [-0.39, 0.29) is 5.91 Å². The summed E-state index contributed by atoms with van der Waals surface area (Å²) < 4.78 is 11.4. The lowest BCUT2D eigenvalue weighted by molar-refractivity contribution is 0.0950. The molecule has 0 aliphatic carbocycles. The molecule has 0 aliphatic heterocycles. The normalized spacial score (nSPS) is 10.8. The molecule has 2 N–H and O–H groups in total. The molecule has 0 bridgehead atoms. The number of methoxy groups -OCH3 is 1. The topological polar surface area (TPSA) is 88.6 Å². The maximum atomic E-state index is 12.3. The van der Waals surface area contributed by atoms with Crippen LogP contribution in [0.15, 0.2) is 90.0 Å². The number of aromatic amines is 1. The third-order valence-electron chi connectivity index (χ3n) is 4.70. The minimum atomic E-state index is -0.384. The number of amides is 1. The lowest BCUT2D eigenvalue weighted by Gasteiger charge is -2.11. The predicted molar refractivity (Wildman–Crippen MR) is 123 cm³/mol. The molecule has 0 unspecified atom stereocenters. The number of hydrogen-bond acceptors (Lipinski definition) is 5. The van der Waals surface area contributed by atoms with Crippen LogP contribution in [0.4, 0.5) is 0 Å². The monoisotopic (exact) mass is 426 g/mol. The minimum absolute atomic E-state index is 0.300. The van der Waals surface area contributed by atoms with Gasteiger partial charge in [0.2, 0.25) is 0 Å². The van der Waals surface area contributed by atoms with Gasteiger partial charge >= 0.3 is 0 Å². The van der Waals surface area contributed by atoms with Gasteiger partial charge in [-0.3, -0.25) is 9.89 Å². The average Bonchev–Trinajstić information content (AvgIpc) is 3.34. The van der Waals surface area contributed by atoms with Gasteiger partial charge in [-0.2, -0.15) is 10.2 Å². The molecule has 0 fully saturated rings. The molecule has 3 aromatic carbocycles. The van der Waals surface area contributed by atoms with E-state index in [0.717, 1.165) is 16.7 Å². The fourth-order valence-electron chi connectivity index (χ4n) is 3.03. The first kappa shape index (κ1) is 20.9. The molecule has 1 amide bonds. The number of H-pyrrole nitrogens is 1. The number of hydrazone groups is 1. The second-order valence-electron chi connectivity index (χ2n) is 6.92. The number of hydrogen-bond donors (Lipinski definition) is 2. The van der Waals surface area contributed by atoms with Gasteiger partial charge in [0.1, 0.15) is 12.3 Å². The van der Waals surface area contributed by atoms with Crippen molar-refractivity contribution in [2.75, 3.05) is 7.11 Å². The van der Waals surface area contributed by atoms with Crippen molar-refractivity contribution in [3.05, 3.63) is 102 Å². The molecule has 0 aliphatic rings. The molecule has 4 rings (SSSR count). The van der Waals surface area contributed by atoms with Gasteiger partial charge in [0.05, 0.1) is 19.0 Å². The predicted octanol–water partition coefficient (Wildman–Crippen LogP) is 4.43. The van der Waals surface area contributed by atoms with Gasteiger partial charge in [-0.1, -0.05) is 60.7 Å². The SMILES string of the molecule is COc1cc(-c2cc(C(=O)NN=Cc3ccccc3)[nH]n2)ccc1OCc1ccccc1. The van der Waals surface area contributed by atoms with Crippen LogP contribution in [-0.4, -0.2) is 29.4 Å². The lowest BCUT2D eigenvalue weighted by atomic mass is 10.1. The highest BCUT2D eigenvalue weighted by molar-refractivity contribution is 5.94. The van der Waals surface area contributed by atoms with Gasteiger partial charge in [0.15, 0.2) is 11.5 Å². The molecular weight excluding hydrogens is 404 g/mol. The maximum absolute atomic E-state index is 12.3. The Hall–Kier alpha value is -4.39. The first-order valence-electron chi connectivity index (χ1n) is 10.0. The Labute approximate surface area is 185 Å². The number of rotatable bonds is 8. The minimum Gasteiger partial charge on any atom is -0.493 e. The number of nitrogens with one attached hydrogen (secondary N) is 2. The zero-order chi connectivity index (χ0) is 22.2. The van der Waals surface area contributed by atoms with E-state index in [1.807, 2.05) is 78.9 Å². The largest absolute Gasteiger partial charge is 0.493 e. The molecule has 0 saturated heterocycles. The van der Waals surface area contributed by atoms with Crippen molar-refractivity contribution < 1.29 is 14.3 Å². The van der Waals surface area contributed by atoms with Gasteiger partial charge in [-0.15, -0.1) is 0 Å². The van der Waals surface area contributed by atoms with Gasteiger partial charge in [0, 0.05) is 5.56 Å². The highest BCUT2D eigenvalue weighted by Crippen LogP contribution is 2.32. The molecule has 1 heterocycles. The zero-order valence-electron chi connectivity index (χ0n) is 17.5. The van der Waals surface area contributed by atoms with Crippen LogP contribution in [0.25, 0.3) is 11.3 Å². The number of aromatic nitrogens is 2. The number of carbonyl (C=O) groups is 1. The third-order valence-corrected chi connectivity index (χ3v) is 4.70. The summed E-state index contributed by atoms with van der Waals surface area (Å²) >= 11 is 0. The lowest BCUT2D eigenvalue weighted by Crippen LogP contribution is -2.17. The quantitative estimate of drug-likeness (QED) is 0.322. The van der Waals surface area contributed by atoms with Crippen LogP contribution in [0.1, 0.15) is 21.6 Å². The average molecular weight is 426 g/mol. The van der Waals surface area contributed by atoms with Gasteiger partial charge in [-0.25, -0.2) is 5.43 Å². The molecule has 32 heavy (non-hydrogen) atoms. The zero-order valence-corrected chi connectivity index (χ0v) is 17.5. The Balaban J connectivity index is 1.42. The fraction of sp³-hybridized carbons (Fsp3) is 0.0800. The highest BCUT2D eigenvalue weighted by atomic mass is 16.5. The second-order valence-corrected chi connectivity index (χ2v) is 6.92. The summed E-state index contributed by atoms with van der Waals surface area (Å²) in [5, 5.41) is 11.0. The molecule has 1 aromatic heterocycles. The molecule has 7 heteroatoms. The number of carbonyl (C=O) groups excluding carboxylic acids is 1. The summed E-state index contributed by atoms with van der Waals surface area (Å²) in [6.45, 7) is 0.437. The summed E-state index contributed by atoms with van der Waals surface area (Å²) in [7, 11) is 1.59. The van der Waals surface area contributed by atoms with E-state index in [9.17, 15) is 4.79 Å². The molecule has 0 atom stereocenters. The van der Waals surface area contributed by atoms with Crippen molar-refractivity contribution >= 4 is 12.1 Å². The first-order chi connectivity index (χ1) is 15.7. The Morgan fingerprint density at radius 3 is 2.50 bits per heavy atom. The number of ether oxygens (including phenoxy) is 2. The Bertz CT molecular complexity index is 1200. The van der Waals surface area contributed by atoms with E-state index < -0.39 is 0 Å². The van der Waals surface area contributed by atoms with Crippen LogP contribution in [0.3, 0.4) is 0 Å². The fourth-order valence-corrected chi connectivity index (χ4v) is 3.03. The van der Waals surface area contributed by atoms with Crippen LogP contribution in [0, 0.1) is 0 Å². The molecule has 0 saturated carbocycles. The standard InChI is InChI=1S/C25H22N4O3/c1-31-24-14-20(12-13-23(24)32-17-19-10-6-3-7-11-19)21-15-22(28-27-21)25(30)29-26-16-18-8-4-2-5-9-18/h2-16H,17H2,1H3,(H,27,28)(H,29,30). The number of nitrogens with zero attached hydrogens (tertiary/aromatic N) is 2.